The first kappa shape index (κ1) is 19.8. The molecule has 0 amide bonds. The second-order valence-corrected chi connectivity index (χ2v) is 6.07. The Morgan fingerprint density at radius 2 is 2.12 bits per heavy atom. The summed E-state index contributed by atoms with van der Waals surface area (Å²) in [5.41, 5.74) is 2.97. The van der Waals surface area contributed by atoms with Crippen LogP contribution in [0.2, 0.25) is 0 Å². The maximum atomic E-state index is 9.66. The van der Waals surface area contributed by atoms with Gasteiger partial charge in [-0.2, -0.15) is 10.2 Å². The summed E-state index contributed by atoms with van der Waals surface area (Å²) in [5.74, 6) is 1.27. The van der Waals surface area contributed by atoms with Crippen LogP contribution in [0.1, 0.15) is 38.8 Å². The Morgan fingerprint density at radius 3 is 2.81 bits per heavy atom. The number of fused-ring (bicyclic) bond motifs is 1. The van der Waals surface area contributed by atoms with E-state index in [1.165, 1.54) is 0 Å². The fraction of sp³-hybridized carbons (Fsp3) is 0.368. The molecule has 136 valence electrons. The predicted molar refractivity (Wildman–Crippen MR) is 103 cm³/mol. The fourth-order valence-corrected chi connectivity index (χ4v) is 2.41. The average Bonchev–Trinajstić information content (AvgIpc) is 3.02. The summed E-state index contributed by atoms with van der Waals surface area (Å²) in [6, 6.07) is 11.1. The van der Waals surface area contributed by atoms with E-state index < -0.39 is 7.12 Å². The summed E-state index contributed by atoms with van der Waals surface area (Å²) >= 11 is 0. The minimum absolute atomic E-state index is 0.330. The summed E-state index contributed by atoms with van der Waals surface area (Å²) in [6.07, 6.45) is 0. The van der Waals surface area contributed by atoms with E-state index >= 15 is 0 Å². The van der Waals surface area contributed by atoms with Gasteiger partial charge in [-0.25, -0.2) is 0 Å². The van der Waals surface area contributed by atoms with E-state index in [1.807, 2.05) is 45.9 Å². The minimum atomic E-state index is -0.849. The number of nitrogens with one attached hydrogen (secondary N) is 1. The SMILES string of the molecule is CC.CC(C)COc1nc(Nc2ccc3c(c2)COB3O)ccc1C#N. The van der Waals surface area contributed by atoms with Gasteiger partial charge in [0.2, 0.25) is 5.88 Å². The van der Waals surface area contributed by atoms with Crippen molar-refractivity contribution < 1.29 is 14.4 Å². The Labute approximate surface area is 154 Å². The number of nitriles is 1. The molecule has 6 nitrogen and oxygen atoms in total. The molecule has 0 aliphatic carbocycles. The van der Waals surface area contributed by atoms with Gasteiger partial charge in [0.05, 0.1) is 13.2 Å². The Morgan fingerprint density at radius 1 is 1.35 bits per heavy atom. The van der Waals surface area contributed by atoms with Crippen molar-refractivity contribution in [2.45, 2.75) is 34.3 Å². The zero-order valence-electron chi connectivity index (χ0n) is 15.6. The van der Waals surface area contributed by atoms with Crippen LogP contribution in [0.3, 0.4) is 0 Å². The van der Waals surface area contributed by atoms with Crippen LogP contribution in [0.15, 0.2) is 30.3 Å². The van der Waals surface area contributed by atoms with Crippen LogP contribution in [-0.2, 0) is 11.3 Å². The summed E-state index contributed by atoms with van der Waals surface area (Å²) in [6.45, 7) is 8.96. The third kappa shape index (κ3) is 4.75. The first-order chi connectivity index (χ1) is 12.6. The van der Waals surface area contributed by atoms with Crippen molar-refractivity contribution in [2.24, 2.45) is 5.92 Å². The largest absolute Gasteiger partial charge is 0.491 e. The second-order valence-electron chi connectivity index (χ2n) is 6.07. The third-order valence-corrected chi connectivity index (χ3v) is 3.61. The number of ether oxygens (including phenoxy) is 1. The molecule has 1 aromatic carbocycles. The molecule has 3 rings (SSSR count). The molecule has 2 N–H and O–H groups in total. The molecular formula is C19H24BN3O3. The molecule has 1 aliphatic rings. The van der Waals surface area contributed by atoms with E-state index in [-0.39, 0.29) is 0 Å². The highest BCUT2D eigenvalue weighted by molar-refractivity contribution is 6.61. The normalized spacial score (nSPS) is 12.1. The number of nitrogens with zero attached hydrogens (tertiary/aromatic N) is 2. The quantitative estimate of drug-likeness (QED) is 0.804. The summed E-state index contributed by atoms with van der Waals surface area (Å²) in [7, 11) is -0.849. The zero-order valence-corrected chi connectivity index (χ0v) is 15.6. The van der Waals surface area contributed by atoms with Crippen LogP contribution in [0.5, 0.6) is 5.88 Å². The molecule has 2 heterocycles. The van der Waals surface area contributed by atoms with Gasteiger partial charge in [-0.1, -0.05) is 33.8 Å². The molecule has 0 unspecified atom stereocenters. The topological polar surface area (TPSA) is 87.4 Å². The standard InChI is InChI=1S/C17H18BN3O3.C2H6/c1-11(2)9-23-17-12(8-19)3-6-16(21-17)20-14-4-5-15-13(7-14)10-24-18(15)22;1-2/h3-7,11,22H,9-10H2,1-2H3,(H,20,21);1-2H3. The number of anilines is 2. The monoisotopic (exact) mass is 353 g/mol. The van der Waals surface area contributed by atoms with Crippen molar-refractivity contribution in [2.75, 3.05) is 11.9 Å². The van der Waals surface area contributed by atoms with Crippen molar-refractivity contribution in [1.82, 2.24) is 4.98 Å². The van der Waals surface area contributed by atoms with Gasteiger partial charge >= 0.3 is 7.12 Å². The number of rotatable bonds is 5. The Bertz CT molecular complexity index is 790. The van der Waals surface area contributed by atoms with Crippen LogP contribution in [0.4, 0.5) is 11.5 Å². The molecule has 26 heavy (non-hydrogen) atoms. The Hall–Kier alpha value is -2.56. The molecule has 0 fully saturated rings. The van der Waals surface area contributed by atoms with E-state index in [1.54, 1.807) is 12.1 Å². The molecule has 0 bridgehead atoms. The average molecular weight is 353 g/mol. The molecular weight excluding hydrogens is 329 g/mol. The molecule has 1 aromatic heterocycles. The van der Waals surface area contributed by atoms with Crippen molar-refractivity contribution >= 4 is 24.1 Å². The number of hydrogen-bond donors (Lipinski definition) is 2. The minimum Gasteiger partial charge on any atom is -0.476 e. The molecule has 2 aromatic rings. The first-order valence-corrected chi connectivity index (χ1v) is 8.80. The smallest absolute Gasteiger partial charge is 0.476 e. The molecule has 1 aliphatic heterocycles. The summed E-state index contributed by atoms with van der Waals surface area (Å²) in [5, 5.41) is 22.0. The highest BCUT2D eigenvalue weighted by atomic mass is 16.5. The molecule has 0 atom stereocenters. The van der Waals surface area contributed by atoms with Gasteiger partial charge in [0.15, 0.2) is 0 Å². The van der Waals surface area contributed by atoms with Crippen LogP contribution < -0.4 is 15.5 Å². The maximum Gasteiger partial charge on any atom is 0.491 e. The van der Waals surface area contributed by atoms with Gasteiger partial charge in [0, 0.05) is 5.69 Å². The Balaban J connectivity index is 0.00000117. The summed E-state index contributed by atoms with van der Waals surface area (Å²) in [4.78, 5) is 4.38. The summed E-state index contributed by atoms with van der Waals surface area (Å²) < 4.78 is 10.8. The lowest BCUT2D eigenvalue weighted by molar-refractivity contribution is 0.261. The van der Waals surface area contributed by atoms with Gasteiger partial charge in [-0.3, -0.25) is 0 Å². The molecule has 0 spiro atoms. The van der Waals surface area contributed by atoms with Crippen molar-refractivity contribution in [1.29, 1.82) is 5.26 Å². The number of benzene rings is 1. The van der Waals surface area contributed by atoms with Crippen molar-refractivity contribution in [3.05, 3.63) is 41.5 Å². The van der Waals surface area contributed by atoms with Gasteiger partial charge in [0.1, 0.15) is 17.5 Å². The van der Waals surface area contributed by atoms with E-state index in [4.69, 9.17) is 14.7 Å². The lowest BCUT2D eigenvalue weighted by Crippen LogP contribution is -2.27. The van der Waals surface area contributed by atoms with Crippen LogP contribution in [0.25, 0.3) is 0 Å². The lowest BCUT2D eigenvalue weighted by atomic mass is 9.79. The second kappa shape index (κ2) is 9.23. The first-order valence-electron chi connectivity index (χ1n) is 8.80. The van der Waals surface area contributed by atoms with Gasteiger partial charge in [-0.05, 0) is 41.2 Å². The fourth-order valence-electron chi connectivity index (χ4n) is 2.41. The van der Waals surface area contributed by atoms with E-state index in [2.05, 4.69) is 16.4 Å². The number of pyridine rings is 1. The zero-order chi connectivity index (χ0) is 19.1. The predicted octanol–water partition coefficient (Wildman–Crippen LogP) is 2.98. The maximum absolute atomic E-state index is 9.66. The molecule has 0 saturated heterocycles. The number of aromatic nitrogens is 1. The van der Waals surface area contributed by atoms with Crippen LogP contribution in [0, 0.1) is 17.2 Å². The highest BCUT2D eigenvalue weighted by Gasteiger charge is 2.27. The Kier molecular flexibility index (Phi) is 7.02. The van der Waals surface area contributed by atoms with Crippen molar-refractivity contribution in [3.63, 3.8) is 0 Å². The van der Waals surface area contributed by atoms with E-state index in [0.29, 0.717) is 36.4 Å². The van der Waals surface area contributed by atoms with E-state index in [0.717, 1.165) is 16.7 Å². The molecule has 7 heteroatoms. The molecule has 0 saturated carbocycles. The third-order valence-electron chi connectivity index (χ3n) is 3.61. The van der Waals surface area contributed by atoms with E-state index in [9.17, 15) is 5.02 Å². The van der Waals surface area contributed by atoms with Gasteiger partial charge in [-0.15, -0.1) is 0 Å². The van der Waals surface area contributed by atoms with Crippen LogP contribution >= 0.6 is 0 Å². The van der Waals surface area contributed by atoms with Gasteiger partial charge < -0.3 is 19.7 Å². The van der Waals surface area contributed by atoms with Crippen LogP contribution in [-0.4, -0.2) is 23.7 Å². The van der Waals surface area contributed by atoms with Crippen molar-refractivity contribution in [3.8, 4) is 11.9 Å². The number of hydrogen-bond acceptors (Lipinski definition) is 6. The lowest BCUT2D eigenvalue weighted by Gasteiger charge is -2.12. The highest BCUT2D eigenvalue weighted by Crippen LogP contribution is 2.23. The van der Waals surface area contributed by atoms with Gasteiger partial charge in [0.25, 0.3) is 0 Å². The molecule has 0 radical (unpaired) electrons.